The molecular weight excluding hydrogens is 374 g/mol. The van der Waals surface area contributed by atoms with Crippen LogP contribution in [-0.2, 0) is 6.42 Å². The van der Waals surface area contributed by atoms with Crippen LogP contribution in [0, 0.1) is 11.3 Å². The molecule has 6 nitrogen and oxygen atoms in total. The van der Waals surface area contributed by atoms with E-state index < -0.39 is 0 Å². The summed E-state index contributed by atoms with van der Waals surface area (Å²) in [5.74, 6) is 2.10. The van der Waals surface area contributed by atoms with Crippen LogP contribution in [0.4, 0.5) is 5.88 Å². The Morgan fingerprint density at radius 3 is 2.53 bits per heavy atom. The number of piperazine rings is 1. The van der Waals surface area contributed by atoms with Crippen molar-refractivity contribution in [2.75, 3.05) is 37.6 Å². The fraction of sp³-hybridized carbons (Fsp3) is 0.375. The molecule has 0 radical (unpaired) electrons. The van der Waals surface area contributed by atoms with Gasteiger partial charge in [0.25, 0.3) is 0 Å². The maximum Gasteiger partial charge on any atom is 0.234 e. The molecule has 30 heavy (non-hydrogen) atoms. The first kappa shape index (κ1) is 18.8. The van der Waals surface area contributed by atoms with E-state index in [-0.39, 0.29) is 5.92 Å². The molecule has 152 valence electrons. The molecule has 0 bridgehead atoms. The van der Waals surface area contributed by atoms with Crippen LogP contribution in [0.2, 0.25) is 0 Å². The van der Waals surface area contributed by atoms with E-state index in [9.17, 15) is 5.26 Å². The Balaban J connectivity index is 1.20. The summed E-state index contributed by atoms with van der Waals surface area (Å²) in [5, 5.41) is 9.59. The summed E-state index contributed by atoms with van der Waals surface area (Å²) in [6.07, 6.45) is 3.84. The van der Waals surface area contributed by atoms with Crippen molar-refractivity contribution in [3.8, 4) is 6.07 Å². The van der Waals surface area contributed by atoms with E-state index in [0.717, 1.165) is 51.3 Å². The van der Waals surface area contributed by atoms with Gasteiger partial charge in [0.05, 0.1) is 0 Å². The number of aromatic nitrogens is 2. The molecule has 2 aliphatic rings. The van der Waals surface area contributed by atoms with E-state index >= 15 is 0 Å². The third kappa shape index (κ3) is 3.94. The fourth-order valence-corrected chi connectivity index (χ4v) is 4.30. The molecule has 1 saturated carbocycles. The summed E-state index contributed by atoms with van der Waals surface area (Å²) < 4.78 is 6.15. The van der Waals surface area contributed by atoms with Crippen molar-refractivity contribution in [3.05, 3.63) is 77.6 Å². The summed E-state index contributed by atoms with van der Waals surface area (Å²) in [6, 6.07) is 18.8. The topological polar surface area (TPSA) is 69.2 Å². The molecule has 3 aromatic rings. The molecule has 1 aliphatic heterocycles. The van der Waals surface area contributed by atoms with Crippen LogP contribution in [0.15, 0.2) is 59.1 Å². The zero-order valence-electron chi connectivity index (χ0n) is 16.9. The van der Waals surface area contributed by atoms with E-state index in [1.54, 1.807) is 0 Å². The summed E-state index contributed by atoms with van der Waals surface area (Å²) in [6.45, 7) is 4.59. The van der Waals surface area contributed by atoms with Crippen molar-refractivity contribution >= 4 is 5.88 Å². The first-order valence-electron chi connectivity index (χ1n) is 10.6. The van der Waals surface area contributed by atoms with Crippen molar-refractivity contribution in [3.63, 3.8) is 0 Å². The lowest BCUT2D eigenvalue weighted by Crippen LogP contribution is -2.47. The maximum atomic E-state index is 9.59. The van der Waals surface area contributed by atoms with Crippen LogP contribution in [0.3, 0.4) is 0 Å². The van der Waals surface area contributed by atoms with Crippen LogP contribution >= 0.6 is 0 Å². The van der Waals surface area contributed by atoms with Gasteiger partial charge in [-0.3, -0.25) is 9.88 Å². The predicted molar refractivity (Wildman–Crippen MR) is 114 cm³/mol. The molecule has 1 saturated heterocycles. The summed E-state index contributed by atoms with van der Waals surface area (Å²) in [7, 11) is 0. The summed E-state index contributed by atoms with van der Waals surface area (Å²) in [4.78, 5) is 13.6. The molecule has 2 atom stereocenters. The predicted octanol–water partition coefficient (Wildman–Crippen LogP) is 3.58. The standard InChI is InChI=1S/C24H25N5O/c25-17-22-24(30-23(27-22)21-16-20(21)18-6-2-1-3-7-18)29-14-12-28(13-15-29)11-9-19-8-4-5-10-26-19/h1-8,10,20-21H,9,11-16H2/t20-,21+/m0/s1. The SMILES string of the molecule is N#Cc1nc([C@@H]2C[C@H]2c2ccccc2)oc1N1CCN(CCc2ccccn2)CC1. The van der Waals surface area contributed by atoms with Gasteiger partial charge in [-0.2, -0.15) is 5.26 Å². The normalized spacial score (nSPS) is 21.4. The number of rotatable bonds is 6. The maximum absolute atomic E-state index is 9.59. The number of hydrogen-bond acceptors (Lipinski definition) is 6. The van der Waals surface area contributed by atoms with Crippen LogP contribution in [0.1, 0.15) is 41.1 Å². The molecule has 0 N–H and O–H groups in total. The second-order valence-electron chi connectivity index (χ2n) is 8.08. The minimum absolute atomic E-state index is 0.285. The highest BCUT2D eigenvalue weighted by Gasteiger charge is 2.44. The molecule has 5 rings (SSSR count). The lowest BCUT2D eigenvalue weighted by molar-refractivity contribution is 0.255. The highest BCUT2D eigenvalue weighted by molar-refractivity contribution is 5.49. The van der Waals surface area contributed by atoms with Gasteiger partial charge in [0.1, 0.15) is 6.07 Å². The van der Waals surface area contributed by atoms with Gasteiger partial charge in [-0.15, -0.1) is 0 Å². The lowest BCUT2D eigenvalue weighted by atomic mass is 10.1. The molecule has 0 unspecified atom stereocenters. The Morgan fingerprint density at radius 1 is 1.00 bits per heavy atom. The van der Waals surface area contributed by atoms with E-state index in [1.165, 1.54) is 5.56 Å². The third-order valence-electron chi connectivity index (χ3n) is 6.14. The fourth-order valence-electron chi connectivity index (χ4n) is 4.30. The second-order valence-corrected chi connectivity index (χ2v) is 8.08. The molecule has 0 spiro atoms. The van der Waals surface area contributed by atoms with Gasteiger partial charge in [-0.05, 0) is 30.0 Å². The molecule has 2 fully saturated rings. The average molecular weight is 399 g/mol. The highest BCUT2D eigenvalue weighted by Crippen LogP contribution is 2.54. The Bertz CT molecular complexity index is 1020. The molecule has 0 amide bonds. The van der Waals surface area contributed by atoms with Gasteiger partial charge in [-0.1, -0.05) is 36.4 Å². The van der Waals surface area contributed by atoms with E-state index in [4.69, 9.17) is 4.42 Å². The molecule has 1 aromatic carbocycles. The minimum atomic E-state index is 0.285. The molecule has 3 heterocycles. The Hall–Kier alpha value is -3.17. The third-order valence-corrected chi connectivity index (χ3v) is 6.14. The first-order valence-corrected chi connectivity index (χ1v) is 10.6. The Labute approximate surface area is 176 Å². The van der Waals surface area contributed by atoms with Crippen LogP contribution in [-0.4, -0.2) is 47.6 Å². The molecular formula is C24H25N5O. The first-order chi connectivity index (χ1) is 14.8. The number of nitriles is 1. The van der Waals surface area contributed by atoms with Crippen molar-refractivity contribution in [2.24, 2.45) is 0 Å². The van der Waals surface area contributed by atoms with Crippen molar-refractivity contribution < 1.29 is 4.42 Å². The van der Waals surface area contributed by atoms with Gasteiger partial charge in [0.15, 0.2) is 0 Å². The number of oxazole rings is 1. The summed E-state index contributed by atoms with van der Waals surface area (Å²) >= 11 is 0. The number of nitrogens with zero attached hydrogens (tertiary/aromatic N) is 5. The van der Waals surface area contributed by atoms with Crippen LogP contribution in [0.5, 0.6) is 0 Å². The van der Waals surface area contributed by atoms with E-state index in [0.29, 0.717) is 23.4 Å². The number of benzene rings is 1. The molecule has 6 heteroatoms. The van der Waals surface area contributed by atoms with E-state index in [2.05, 4.69) is 56.2 Å². The Kier molecular flexibility index (Phi) is 5.20. The second kappa shape index (κ2) is 8.29. The highest BCUT2D eigenvalue weighted by atomic mass is 16.4. The monoisotopic (exact) mass is 399 g/mol. The van der Waals surface area contributed by atoms with Gasteiger partial charge in [0, 0.05) is 57.0 Å². The molecule has 1 aliphatic carbocycles. The van der Waals surface area contributed by atoms with Gasteiger partial charge in [-0.25, -0.2) is 4.98 Å². The molecule has 2 aromatic heterocycles. The number of anilines is 1. The minimum Gasteiger partial charge on any atom is -0.423 e. The smallest absolute Gasteiger partial charge is 0.234 e. The van der Waals surface area contributed by atoms with Crippen molar-refractivity contribution in [2.45, 2.75) is 24.7 Å². The van der Waals surface area contributed by atoms with Crippen molar-refractivity contribution in [1.29, 1.82) is 5.26 Å². The number of pyridine rings is 1. The zero-order valence-corrected chi connectivity index (χ0v) is 16.9. The number of hydrogen-bond donors (Lipinski definition) is 0. The van der Waals surface area contributed by atoms with Gasteiger partial charge in [0.2, 0.25) is 17.5 Å². The zero-order chi connectivity index (χ0) is 20.3. The van der Waals surface area contributed by atoms with Crippen molar-refractivity contribution in [1.82, 2.24) is 14.9 Å². The average Bonchev–Trinajstić information content (AvgIpc) is 3.50. The quantitative estimate of drug-likeness (QED) is 0.631. The largest absolute Gasteiger partial charge is 0.423 e. The lowest BCUT2D eigenvalue weighted by Gasteiger charge is -2.34. The Morgan fingerprint density at radius 2 is 1.80 bits per heavy atom. The van der Waals surface area contributed by atoms with Gasteiger partial charge >= 0.3 is 0 Å². The van der Waals surface area contributed by atoms with Crippen LogP contribution < -0.4 is 4.90 Å². The van der Waals surface area contributed by atoms with Gasteiger partial charge < -0.3 is 9.32 Å². The van der Waals surface area contributed by atoms with E-state index in [1.807, 2.05) is 24.4 Å². The summed E-state index contributed by atoms with van der Waals surface area (Å²) in [5.41, 5.74) is 2.87. The van der Waals surface area contributed by atoms with Crippen LogP contribution in [0.25, 0.3) is 0 Å².